The van der Waals surface area contributed by atoms with E-state index in [2.05, 4.69) is 0 Å². The second-order valence-corrected chi connectivity index (χ2v) is 3.33. The Morgan fingerprint density at radius 1 is 1.45 bits per heavy atom. The Kier molecular flexibility index (Phi) is 1.90. The Labute approximate surface area is 66.9 Å². The molecule has 62 valence electrons. The first-order valence-electron chi connectivity index (χ1n) is 3.72. The van der Waals surface area contributed by atoms with Gasteiger partial charge in [-0.15, -0.1) is 0 Å². The first-order valence-corrected chi connectivity index (χ1v) is 3.72. The van der Waals surface area contributed by atoms with Gasteiger partial charge in [-0.05, 0) is 26.3 Å². The van der Waals surface area contributed by atoms with Crippen molar-refractivity contribution in [3.8, 4) is 0 Å². The van der Waals surface area contributed by atoms with Crippen LogP contribution in [0.2, 0.25) is 0 Å². The molecule has 1 aliphatic carbocycles. The Bertz CT molecular complexity index is 224. The molecule has 2 heteroatoms. The van der Waals surface area contributed by atoms with Crippen LogP contribution in [0.1, 0.15) is 20.8 Å². The average molecular weight is 154 g/mol. The van der Waals surface area contributed by atoms with Crippen LogP contribution in [0.4, 0.5) is 0 Å². The molecule has 0 radical (unpaired) electrons. The van der Waals surface area contributed by atoms with Gasteiger partial charge >= 0.3 is 0 Å². The Morgan fingerprint density at radius 3 is 2.45 bits per heavy atom. The topological polar surface area (TPSA) is 40.5 Å². The summed E-state index contributed by atoms with van der Waals surface area (Å²) < 4.78 is 0. The molecule has 1 aliphatic rings. The van der Waals surface area contributed by atoms with Gasteiger partial charge in [0.2, 0.25) is 0 Å². The minimum Gasteiger partial charge on any atom is -0.386 e. The maximum Gasteiger partial charge on any atom is 0.112 e. The number of rotatable bonds is 0. The molecule has 0 aromatic carbocycles. The molecule has 11 heavy (non-hydrogen) atoms. The number of aliphatic hydroxyl groups excluding tert-OH is 1. The summed E-state index contributed by atoms with van der Waals surface area (Å²) in [6, 6.07) is 0. The van der Waals surface area contributed by atoms with E-state index >= 15 is 0 Å². The van der Waals surface area contributed by atoms with E-state index in [1.165, 1.54) is 0 Å². The van der Waals surface area contributed by atoms with Crippen molar-refractivity contribution < 1.29 is 10.2 Å². The van der Waals surface area contributed by atoms with Crippen molar-refractivity contribution in [3.05, 3.63) is 23.3 Å². The first kappa shape index (κ1) is 8.50. The molecular weight excluding hydrogens is 140 g/mol. The Hall–Kier alpha value is -0.600. The fraction of sp³-hybridized carbons (Fsp3) is 0.556. The summed E-state index contributed by atoms with van der Waals surface area (Å²) in [5.74, 6) is 0. The van der Waals surface area contributed by atoms with Crippen molar-refractivity contribution in [1.29, 1.82) is 0 Å². The molecular formula is C9H14O2. The molecule has 0 saturated heterocycles. The molecule has 0 aromatic rings. The summed E-state index contributed by atoms with van der Waals surface area (Å²) in [7, 11) is 0. The van der Waals surface area contributed by atoms with Crippen molar-refractivity contribution in [1.82, 2.24) is 0 Å². The lowest BCUT2D eigenvalue weighted by Gasteiger charge is -2.31. The van der Waals surface area contributed by atoms with Gasteiger partial charge in [0.25, 0.3) is 0 Å². The minimum atomic E-state index is -1.08. The summed E-state index contributed by atoms with van der Waals surface area (Å²) >= 11 is 0. The quantitative estimate of drug-likeness (QED) is 0.546. The third kappa shape index (κ3) is 1.37. The van der Waals surface area contributed by atoms with Gasteiger partial charge < -0.3 is 10.2 Å². The van der Waals surface area contributed by atoms with E-state index in [1.807, 2.05) is 19.9 Å². The molecule has 2 atom stereocenters. The van der Waals surface area contributed by atoms with Gasteiger partial charge in [0.15, 0.2) is 0 Å². The second kappa shape index (κ2) is 2.47. The van der Waals surface area contributed by atoms with Crippen molar-refractivity contribution >= 4 is 0 Å². The van der Waals surface area contributed by atoms with Crippen LogP contribution in [0.25, 0.3) is 0 Å². The highest BCUT2D eigenvalue weighted by Crippen LogP contribution is 2.27. The normalized spacial score (nSPS) is 38.1. The zero-order chi connectivity index (χ0) is 8.65. The number of allylic oxidation sites excluding steroid dienone is 2. The molecule has 0 aromatic heterocycles. The van der Waals surface area contributed by atoms with E-state index < -0.39 is 11.7 Å². The van der Waals surface area contributed by atoms with E-state index in [-0.39, 0.29) is 0 Å². The van der Waals surface area contributed by atoms with Crippen LogP contribution in [0.5, 0.6) is 0 Å². The predicted molar refractivity (Wildman–Crippen MR) is 44.1 cm³/mol. The summed E-state index contributed by atoms with van der Waals surface area (Å²) in [4.78, 5) is 0. The highest BCUT2D eigenvalue weighted by Gasteiger charge is 2.32. The maximum atomic E-state index is 9.67. The van der Waals surface area contributed by atoms with Crippen LogP contribution >= 0.6 is 0 Å². The second-order valence-electron chi connectivity index (χ2n) is 3.33. The first-order chi connectivity index (χ1) is 4.94. The standard InChI is InChI=1S/C9H14O2/c1-6-4-7(2)9(3,11)8(10)5-6/h4-5,8,10-11H,1-3H3. The summed E-state index contributed by atoms with van der Waals surface area (Å²) in [6.07, 6.45) is 2.77. The maximum absolute atomic E-state index is 9.67. The van der Waals surface area contributed by atoms with E-state index in [9.17, 15) is 10.2 Å². The number of hydrogen-bond donors (Lipinski definition) is 2. The van der Waals surface area contributed by atoms with Crippen molar-refractivity contribution in [2.24, 2.45) is 0 Å². The highest BCUT2D eigenvalue weighted by atomic mass is 16.3. The molecule has 0 fully saturated rings. The van der Waals surface area contributed by atoms with Gasteiger partial charge in [0, 0.05) is 0 Å². The molecule has 0 spiro atoms. The molecule has 0 heterocycles. The molecule has 2 nitrogen and oxygen atoms in total. The van der Waals surface area contributed by atoms with Crippen LogP contribution in [0.15, 0.2) is 23.3 Å². The summed E-state index contributed by atoms with van der Waals surface area (Å²) in [5, 5.41) is 19.1. The van der Waals surface area contributed by atoms with Gasteiger partial charge in [-0.1, -0.05) is 17.7 Å². The Balaban J connectivity index is 3.01. The van der Waals surface area contributed by atoms with E-state index in [4.69, 9.17) is 0 Å². The van der Waals surface area contributed by atoms with Gasteiger partial charge in [-0.3, -0.25) is 0 Å². The molecule has 0 bridgehead atoms. The van der Waals surface area contributed by atoms with Crippen molar-refractivity contribution in [3.63, 3.8) is 0 Å². The largest absolute Gasteiger partial charge is 0.386 e. The Morgan fingerprint density at radius 2 is 2.00 bits per heavy atom. The number of aliphatic hydroxyl groups is 2. The molecule has 2 unspecified atom stereocenters. The average Bonchev–Trinajstić information content (AvgIpc) is 1.84. The van der Waals surface area contributed by atoms with Gasteiger partial charge in [0.1, 0.15) is 11.7 Å². The summed E-state index contributed by atoms with van der Waals surface area (Å²) in [5.41, 5.74) is 0.728. The summed E-state index contributed by atoms with van der Waals surface area (Å²) in [6.45, 7) is 5.34. The predicted octanol–water partition coefficient (Wildman–Crippen LogP) is 1.00. The van der Waals surface area contributed by atoms with E-state index in [0.29, 0.717) is 0 Å². The minimum absolute atomic E-state index is 0.771. The molecule has 0 amide bonds. The lowest BCUT2D eigenvalue weighted by atomic mass is 9.85. The lowest BCUT2D eigenvalue weighted by molar-refractivity contribution is -0.0106. The molecule has 0 saturated carbocycles. The van der Waals surface area contributed by atoms with E-state index in [0.717, 1.165) is 11.1 Å². The zero-order valence-electron chi connectivity index (χ0n) is 7.13. The van der Waals surface area contributed by atoms with Crippen LogP contribution in [0, 0.1) is 0 Å². The lowest BCUT2D eigenvalue weighted by Crippen LogP contribution is -2.40. The smallest absolute Gasteiger partial charge is 0.112 e. The fourth-order valence-electron chi connectivity index (χ4n) is 1.18. The van der Waals surface area contributed by atoms with Crippen LogP contribution in [-0.2, 0) is 0 Å². The van der Waals surface area contributed by atoms with Crippen LogP contribution in [0.3, 0.4) is 0 Å². The van der Waals surface area contributed by atoms with Crippen molar-refractivity contribution in [2.75, 3.05) is 0 Å². The third-order valence-electron chi connectivity index (χ3n) is 2.24. The van der Waals surface area contributed by atoms with Gasteiger partial charge in [0.05, 0.1) is 0 Å². The van der Waals surface area contributed by atoms with Crippen LogP contribution in [-0.4, -0.2) is 21.9 Å². The monoisotopic (exact) mass is 154 g/mol. The zero-order valence-corrected chi connectivity index (χ0v) is 7.13. The van der Waals surface area contributed by atoms with Gasteiger partial charge in [-0.25, -0.2) is 0 Å². The molecule has 2 N–H and O–H groups in total. The van der Waals surface area contributed by atoms with Crippen molar-refractivity contribution in [2.45, 2.75) is 32.5 Å². The van der Waals surface area contributed by atoms with E-state index in [1.54, 1.807) is 13.0 Å². The fourth-order valence-corrected chi connectivity index (χ4v) is 1.18. The highest BCUT2D eigenvalue weighted by molar-refractivity contribution is 5.34. The third-order valence-corrected chi connectivity index (χ3v) is 2.24. The molecule has 0 aliphatic heterocycles. The van der Waals surface area contributed by atoms with Gasteiger partial charge in [-0.2, -0.15) is 0 Å². The van der Waals surface area contributed by atoms with Crippen LogP contribution < -0.4 is 0 Å². The molecule has 1 rings (SSSR count). The number of hydrogen-bond acceptors (Lipinski definition) is 2. The SMILES string of the molecule is CC1=CC(O)C(C)(O)C(C)=C1.